The Morgan fingerprint density at radius 3 is 2.74 bits per heavy atom. The number of amides is 1. The summed E-state index contributed by atoms with van der Waals surface area (Å²) in [5.41, 5.74) is 0.231. The second-order valence-electron chi connectivity index (χ2n) is 5.41. The van der Waals surface area contributed by atoms with Gasteiger partial charge in [0.1, 0.15) is 0 Å². The number of methoxy groups -OCH3 is 1. The van der Waals surface area contributed by atoms with Crippen LogP contribution in [0.4, 0.5) is 0 Å². The van der Waals surface area contributed by atoms with Crippen molar-refractivity contribution in [3.8, 4) is 0 Å². The minimum atomic E-state index is -0.863. The molecule has 1 amide bonds. The highest BCUT2D eigenvalue weighted by Crippen LogP contribution is 2.60. The van der Waals surface area contributed by atoms with Crippen molar-refractivity contribution in [3.05, 3.63) is 35.9 Å². The van der Waals surface area contributed by atoms with Gasteiger partial charge in [0.25, 0.3) is 0 Å². The quantitative estimate of drug-likeness (QED) is 0.614. The van der Waals surface area contributed by atoms with Gasteiger partial charge in [-0.2, -0.15) is 0 Å². The Morgan fingerprint density at radius 2 is 2.11 bits per heavy atom. The Bertz CT molecular complexity index is 527. The molecule has 4 nitrogen and oxygen atoms in total. The van der Waals surface area contributed by atoms with E-state index in [0.717, 1.165) is 5.56 Å². The van der Waals surface area contributed by atoms with Crippen LogP contribution in [0, 0.1) is 11.3 Å². The summed E-state index contributed by atoms with van der Waals surface area (Å²) in [5.74, 6) is -0.301. The van der Waals surface area contributed by atoms with Crippen LogP contribution < -0.4 is 0 Å². The molecule has 0 unspecified atom stereocenters. The van der Waals surface area contributed by atoms with E-state index in [4.69, 9.17) is 4.74 Å². The Hall–Kier alpha value is -1.84. The average Bonchev–Trinajstić information content (AvgIpc) is 3.12. The molecule has 0 spiro atoms. The molecule has 1 aliphatic heterocycles. The molecule has 3 rings (SSSR count). The molecule has 1 saturated carbocycles. The lowest BCUT2D eigenvalue weighted by Gasteiger charge is -2.27. The second kappa shape index (κ2) is 4.08. The van der Waals surface area contributed by atoms with E-state index in [0.29, 0.717) is 13.0 Å². The average molecular weight is 259 g/mol. The van der Waals surface area contributed by atoms with E-state index in [-0.39, 0.29) is 23.8 Å². The first-order valence-electron chi connectivity index (χ1n) is 6.55. The zero-order chi connectivity index (χ0) is 13.6. The van der Waals surface area contributed by atoms with Gasteiger partial charge in [-0.3, -0.25) is 9.59 Å². The summed E-state index contributed by atoms with van der Waals surface area (Å²) < 4.78 is 4.80. The first-order valence-corrected chi connectivity index (χ1v) is 6.55. The number of rotatable bonds is 3. The summed E-state index contributed by atoms with van der Waals surface area (Å²) >= 11 is 0. The number of esters is 1. The molecule has 0 bridgehead atoms. The molecule has 0 radical (unpaired) electrons. The van der Waals surface area contributed by atoms with Crippen LogP contribution in [0.1, 0.15) is 24.9 Å². The van der Waals surface area contributed by atoms with Gasteiger partial charge in [-0.25, -0.2) is 0 Å². The Morgan fingerprint density at radius 1 is 1.42 bits per heavy atom. The first-order chi connectivity index (χ1) is 9.11. The maximum Gasteiger partial charge on any atom is 0.321 e. The van der Waals surface area contributed by atoms with Crippen molar-refractivity contribution in [2.24, 2.45) is 11.3 Å². The highest BCUT2D eigenvalue weighted by atomic mass is 16.5. The van der Waals surface area contributed by atoms with Crippen molar-refractivity contribution >= 4 is 11.9 Å². The standard InChI is InChI=1S/C15H17NO3/c1-10(11-6-4-3-5-7-11)16-9-12-8-15(12,13(16)17)14(18)19-2/h3-7,10,12H,8-9H2,1-2H3/t10-,12+,15-/m1/s1. The van der Waals surface area contributed by atoms with Crippen LogP contribution in [0.3, 0.4) is 0 Å². The van der Waals surface area contributed by atoms with Gasteiger partial charge in [0, 0.05) is 12.5 Å². The van der Waals surface area contributed by atoms with E-state index in [1.54, 1.807) is 4.90 Å². The summed E-state index contributed by atoms with van der Waals surface area (Å²) in [7, 11) is 1.35. The summed E-state index contributed by atoms with van der Waals surface area (Å²) in [6.07, 6.45) is 0.649. The molecule has 1 aliphatic carbocycles. The van der Waals surface area contributed by atoms with Gasteiger partial charge in [0.15, 0.2) is 5.41 Å². The van der Waals surface area contributed by atoms with Crippen LogP contribution in [0.5, 0.6) is 0 Å². The molecule has 1 heterocycles. The number of benzene rings is 1. The molecular weight excluding hydrogens is 242 g/mol. The van der Waals surface area contributed by atoms with E-state index in [1.165, 1.54) is 7.11 Å². The van der Waals surface area contributed by atoms with Gasteiger partial charge in [-0.1, -0.05) is 30.3 Å². The van der Waals surface area contributed by atoms with Crippen molar-refractivity contribution < 1.29 is 14.3 Å². The molecule has 19 heavy (non-hydrogen) atoms. The maximum atomic E-state index is 12.5. The second-order valence-corrected chi connectivity index (χ2v) is 5.41. The van der Waals surface area contributed by atoms with Gasteiger partial charge in [0.05, 0.1) is 13.2 Å². The third-order valence-corrected chi connectivity index (χ3v) is 4.46. The summed E-state index contributed by atoms with van der Waals surface area (Å²) in [5, 5.41) is 0. The monoisotopic (exact) mass is 259 g/mol. The van der Waals surface area contributed by atoms with Crippen LogP contribution >= 0.6 is 0 Å². The van der Waals surface area contributed by atoms with Crippen LogP contribution in [0.25, 0.3) is 0 Å². The Kier molecular flexibility index (Phi) is 2.62. The van der Waals surface area contributed by atoms with E-state index in [2.05, 4.69) is 0 Å². The number of hydrogen-bond acceptors (Lipinski definition) is 3. The predicted octanol–water partition coefficient (Wildman–Crippen LogP) is 1.77. The summed E-state index contributed by atoms with van der Waals surface area (Å²) in [6.45, 7) is 2.66. The summed E-state index contributed by atoms with van der Waals surface area (Å²) in [6, 6.07) is 9.89. The molecule has 2 aliphatic rings. The van der Waals surface area contributed by atoms with Gasteiger partial charge < -0.3 is 9.64 Å². The minimum Gasteiger partial charge on any atom is -0.468 e. The number of ether oxygens (including phenoxy) is 1. The smallest absolute Gasteiger partial charge is 0.321 e. The van der Waals surface area contributed by atoms with Crippen LogP contribution in [-0.4, -0.2) is 30.4 Å². The molecule has 4 heteroatoms. The van der Waals surface area contributed by atoms with Crippen molar-refractivity contribution in [2.75, 3.05) is 13.7 Å². The van der Waals surface area contributed by atoms with Crippen LogP contribution in [0.15, 0.2) is 30.3 Å². The van der Waals surface area contributed by atoms with E-state index < -0.39 is 5.41 Å². The topological polar surface area (TPSA) is 46.6 Å². The van der Waals surface area contributed by atoms with E-state index in [1.807, 2.05) is 37.3 Å². The molecule has 0 aromatic heterocycles. The SMILES string of the molecule is COC(=O)[C@]12C[C@H]1CN([C@H](C)c1ccccc1)C2=O. The van der Waals surface area contributed by atoms with Crippen LogP contribution in [0.2, 0.25) is 0 Å². The van der Waals surface area contributed by atoms with Gasteiger partial charge in [-0.05, 0) is 18.9 Å². The lowest BCUT2D eigenvalue weighted by Crippen LogP contribution is -2.37. The fourth-order valence-corrected chi connectivity index (χ4v) is 3.15. The molecule has 2 fully saturated rings. The lowest BCUT2D eigenvalue weighted by molar-refractivity contribution is -0.154. The molecule has 3 atom stereocenters. The van der Waals surface area contributed by atoms with Crippen molar-refractivity contribution in [1.82, 2.24) is 4.90 Å². The Balaban J connectivity index is 1.83. The number of fused-ring (bicyclic) bond motifs is 1. The highest BCUT2D eigenvalue weighted by Gasteiger charge is 2.72. The highest BCUT2D eigenvalue weighted by molar-refractivity contribution is 6.08. The largest absolute Gasteiger partial charge is 0.468 e. The maximum absolute atomic E-state index is 12.5. The number of carbonyl (C=O) groups excluding carboxylic acids is 2. The molecule has 1 aromatic rings. The zero-order valence-electron chi connectivity index (χ0n) is 11.1. The number of likely N-dealkylation sites (tertiary alicyclic amines) is 1. The van der Waals surface area contributed by atoms with E-state index in [9.17, 15) is 9.59 Å². The lowest BCUT2D eigenvalue weighted by atomic mass is 10.0. The number of nitrogens with zero attached hydrogens (tertiary/aromatic N) is 1. The van der Waals surface area contributed by atoms with Crippen molar-refractivity contribution in [2.45, 2.75) is 19.4 Å². The van der Waals surface area contributed by atoms with Gasteiger partial charge in [0.2, 0.25) is 5.91 Å². The Labute approximate surface area is 112 Å². The molecule has 1 aromatic carbocycles. The van der Waals surface area contributed by atoms with Gasteiger partial charge >= 0.3 is 5.97 Å². The fraction of sp³-hybridized carbons (Fsp3) is 0.467. The third-order valence-electron chi connectivity index (χ3n) is 4.46. The third kappa shape index (κ3) is 1.59. The fourth-order valence-electron chi connectivity index (χ4n) is 3.15. The normalized spacial score (nSPS) is 29.9. The number of hydrogen-bond donors (Lipinski definition) is 0. The zero-order valence-corrected chi connectivity index (χ0v) is 11.1. The number of carbonyl (C=O) groups is 2. The molecule has 0 N–H and O–H groups in total. The molecular formula is C15H17NO3. The van der Waals surface area contributed by atoms with Crippen LogP contribution in [-0.2, 0) is 14.3 Å². The molecule has 100 valence electrons. The van der Waals surface area contributed by atoms with Gasteiger partial charge in [-0.15, -0.1) is 0 Å². The predicted molar refractivity (Wildman–Crippen MR) is 69.1 cm³/mol. The minimum absolute atomic E-state index is 0.00281. The van der Waals surface area contributed by atoms with E-state index >= 15 is 0 Å². The molecule has 1 saturated heterocycles. The summed E-state index contributed by atoms with van der Waals surface area (Å²) in [4.78, 5) is 26.1. The first kappa shape index (κ1) is 12.2. The number of piperidine rings is 1. The van der Waals surface area contributed by atoms with Crippen molar-refractivity contribution in [3.63, 3.8) is 0 Å². The van der Waals surface area contributed by atoms with Crippen molar-refractivity contribution in [1.29, 1.82) is 0 Å².